The van der Waals surface area contributed by atoms with E-state index >= 15 is 0 Å². The molecule has 1 aromatic heterocycles. The first kappa shape index (κ1) is 24.5. The molecule has 0 radical (unpaired) electrons. The first-order valence-corrected chi connectivity index (χ1v) is 11.2. The molecule has 0 saturated heterocycles. The highest BCUT2D eigenvalue weighted by atomic mass is 35.5. The zero-order valence-electron chi connectivity index (χ0n) is 19.2. The third-order valence-electron chi connectivity index (χ3n) is 5.02. The zero-order chi connectivity index (χ0) is 24.2. The average molecular weight is 471 g/mol. The molecule has 174 valence electrons. The van der Waals surface area contributed by atoms with Crippen molar-refractivity contribution in [1.29, 1.82) is 0 Å². The highest BCUT2D eigenvalue weighted by molar-refractivity contribution is 6.30. The van der Waals surface area contributed by atoms with Gasteiger partial charge >= 0.3 is 0 Å². The molecular weight excluding hydrogens is 443 g/mol. The quantitative estimate of drug-likeness (QED) is 0.499. The van der Waals surface area contributed by atoms with Crippen LogP contribution in [-0.4, -0.2) is 39.6 Å². The number of nitrogens with zero attached hydrogens (tertiary/aromatic N) is 3. The molecular formula is C25H28ClFN4O2. The van der Waals surface area contributed by atoms with E-state index < -0.39 is 5.82 Å². The van der Waals surface area contributed by atoms with Crippen LogP contribution in [0.1, 0.15) is 50.2 Å². The Morgan fingerprint density at radius 2 is 1.73 bits per heavy atom. The maximum absolute atomic E-state index is 13.2. The fourth-order valence-corrected chi connectivity index (χ4v) is 3.39. The van der Waals surface area contributed by atoms with Gasteiger partial charge < -0.3 is 10.2 Å². The second-order valence-corrected chi connectivity index (χ2v) is 9.27. The Labute approximate surface area is 198 Å². The molecule has 0 fully saturated rings. The van der Waals surface area contributed by atoms with Crippen molar-refractivity contribution in [3.05, 3.63) is 76.7 Å². The van der Waals surface area contributed by atoms with Crippen LogP contribution < -0.4 is 5.32 Å². The number of benzene rings is 2. The fourth-order valence-electron chi connectivity index (χ4n) is 3.27. The summed E-state index contributed by atoms with van der Waals surface area (Å²) >= 11 is 6.02. The average Bonchev–Trinajstić information content (AvgIpc) is 3.18. The van der Waals surface area contributed by atoms with Gasteiger partial charge in [0.25, 0.3) is 5.91 Å². The standard InChI is InChI=1S/C25H28ClFN4O2/c1-5-14-30(24(33)17-6-10-19(27)11-7-17)16-23(32)28-22-15-21(25(2,3)4)29-31(22)20-12-8-18(26)9-13-20/h6-13,15H,5,14,16H2,1-4H3,(H,28,32). The molecule has 8 heteroatoms. The third kappa shape index (κ3) is 6.20. The number of aromatic nitrogens is 2. The SMILES string of the molecule is CCCN(CC(=O)Nc1cc(C(C)(C)C)nn1-c1ccc(Cl)cc1)C(=O)c1ccc(F)cc1. The third-order valence-corrected chi connectivity index (χ3v) is 5.27. The van der Waals surface area contributed by atoms with Gasteiger partial charge in [-0.2, -0.15) is 5.10 Å². The maximum atomic E-state index is 13.2. The lowest BCUT2D eigenvalue weighted by Gasteiger charge is -2.22. The van der Waals surface area contributed by atoms with Gasteiger partial charge in [0.05, 0.1) is 11.4 Å². The van der Waals surface area contributed by atoms with Gasteiger partial charge in [0.2, 0.25) is 5.91 Å². The highest BCUT2D eigenvalue weighted by Crippen LogP contribution is 2.27. The molecule has 33 heavy (non-hydrogen) atoms. The van der Waals surface area contributed by atoms with E-state index in [-0.39, 0.29) is 23.8 Å². The lowest BCUT2D eigenvalue weighted by molar-refractivity contribution is -0.116. The van der Waals surface area contributed by atoms with Crippen molar-refractivity contribution in [2.75, 3.05) is 18.4 Å². The number of carbonyl (C=O) groups excluding carboxylic acids is 2. The van der Waals surface area contributed by atoms with E-state index in [0.29, 0.717) is 29.4 Å². The van der Waals surface area contributed by atoms with E-state index in [1.807, 2.05) is 45.9 Å². The Morgan fingerprint density at radius 3 is 2.30 bits per heavy atom. The van der Waals surface area contributed by atoms with Gasteiger partial charge in [0.15, 0.2) is 0 Å². The Morgan fingerprint density at radius 1 is 1.09 bits per heavy atom. The molecule has 0 atom stereocenters. The molecule has 0 aliphatic heterocycles. The summed E-state index contributed by atoms with van der Waals surface area (Å²) in [4.78, 5) is 27.3. The van der Waals surface area contributed by atoms with Crippen LogP contribution in [0.5, 0.6) is 0 Å². The number of halogens is 2. The Balaban J connectivity index is 1.84. The summed E-state index contributed by atoms with van der Waals surface area (Å²) in [5.41, 5.74) is 1.65. The number of hydrogen-bond donors (Lipinski definition) is 1. The van der Waals surface area contributed by atoms with Crippen molar-refractivity contribution in [3.63, 3.8) is 0 Å². The predicted molar refractivity (Wildman–Crippen MR) is 128 cm³/mol. The van der Waals surface area contributed by atoms with Gasteiger partial charge in [-0.05, 0) is 55.0 Å². The van der Waals surface area contributed by atoms with Crippen LogP contribution in [0.3, 0.4) is 0 Å². The van der Waals surface area contributed by atoms with E-state index in [2.05, 4.69) is 10.4 Å². The van der Waals surface area contributed by atoms with Crippen molar-refractivity contribution < 1.29 is 14.0 Å². The van der Waals surface area contributed by atoms with Crippen molar-refractivity contribution in [1.82, 2.24) is 14.7 Å². The van der Waals surface area contributed by atoms with Gasteiger partial charge in [0, 0.05) is 28.6 Å². The molecule has 3 aromatic rings. The van der Waals surface area contributed by atoms with E-state index in [1.165, 1.54) is 29.2 Å². The number of rotatable bonds is 7. The molecule has 0 unspecified atom stereocenters. The molecule has 2 aromatic carbocycles. The smallest absolute Gasteiger partial charge is 0.254 e. The number of nitrogens with one attached hydrogen (secondary N) is 1. The minimum atomic E-state index is -0.420. The van der Waals surface area contributed by atoms with Crippen LogP contribution in [-0.2, 0) is 10.2 Å². The largest absolute Gasteiger partial charge is 0.329 e. The molecule has 0 aliphatic carbocycles. The molecule has 1 heterocycles. The monoisotopic (exact) mass is 470 g/mol. The minimum Gasteiger partial charge on any atom is -0.329 e. The van der Waals surface area contributed by atoms with Crippen molar-refractivity contribution >= 4 is 29.2 Å². The van der Waals surface area contributed by atoms with Crippen LogP contribution in [0.4, 0.5) is 10.2 Å². The number of hydrogen-bond acceptors (Lipinski definition) is 3. The van der Waals surface area contributed by atoms with Gasteiger partial charge in [0.1, 0.15) is 18.2 Å². The van der Waals surface area contributed by atoms with Crippen LogP contribution in [0.2, 0.25) is 5.02 Å². The number of amides is 2. The van der Waals surface area contributed by atoms with Crippen molar-refractivity contribution in [2.24, 2.45) is 0 Å². The normalized spacial score (nSPS) is 11.3. The Bertz CT molecular complexity index is 1120. The Kier molecular flexibility index (Phi) is 7.53. The van der Waals surface area contributed by atoms with Crippen LogP contribution in [0.15, 0.2) is 54.6 Å². The number of carbonyl (C=O) groups is 2. The van der Waals surface area contributed by atoms with Crippen LogP contribution >= 0.6 is 11.6 Å². The number of anilines is 1. The van der Waals surface area contributed by atoms with Crippen LogP contribution in [0.25, 0.3) is 5.69 Å². The maximum Gasteiger partial charge on any atom is 0.254 e. The summed E-state index contributed by atoms with van der Waals surface area (Å²) in [5.74, 6) is -0.600. The molecule has 3 rings (SSSR count). The summed E-state index contributed by atoms with van der Waals surface area (Å²) in [6, 6.07) is 14.3. The molecule has 2 amide bonds. The van der Waals surface area contributed by atoms with Gasteiger partial charge in [-0.3, -0.25) is 9.59 Å². The summed E-state index contributed by atoms with van der Waals surface area (Å²) in [6.07, 6.45) is 0.678. The molecule has 6 nitrogen and oxygen atoms in total. The minimum absolute atomic E-state index is 0.138. The molecule has 0 aliphatic rings. The second kappa shape index (κ2) is 10.2. The molecule has 0 bridgehead atoms. The molecule has 0 spiro atoms. The summed E-state index contributed by atoms with van der Waals surface area (Å²) < 4.78 is 14.9. The first-order chi connectivity index (χ1) is 15.6. The lowest BCUT2D eigenvalue weighted by Crippen LogP contribution is -2.38. The predicted octanol–water partition coefficient (Wildman–Crippen LogP) is 5.45. The van der Waals surface area contributed by atoms with Gasteiger partial charge in [-0.25, -0.2) is 9.07 Å². The molecule has 0 saturated carbocycles. The highest BCUT2D eigenvalue weighted by Gasteiger charge is 2.23. The second-order valence-electron chi connectivity index (χ2n) is 8.83. The van der Waals surface area contributed by atoms with Crippen molar-refractivity contribution in [2.45, 2.75) is 39.5 Å². The fraction of sp³-hybridized carbons (Fsp3) is 0.320. The van der Waals surface area contributed by atoms with E-state index in [9.17, 15) is 14.0 Å². The van der Waals surface area contributed by atoms with Gasteiger partial charge in [-0.15, -0.1) is 0 Å². The van der Waals surface area contributed by atoms with E-state index in [1.54, 1.807) is 16.8 Å². The summed E-state index contributed by atoms with van der Waals surface area (Å²) in [7, 11) is 0. The van der Waals surface area contributed by atoms with Crippen LogP contribution in [0, 0.1) is 5.82 Å². The van der Waals surface area contributed by atoms with E-state index in [0.717, 1.165) is 11.4 Å². The first-order valence-electron chi connectivity index (χ1n) is 10.8. The Hall–Kier alpha value is -3.19. The summed E-state index contributed by atoms with van der Waals surface area (Å²) in [5, 5.41) is 8.18. The lowest BCUT2D eigenvalue weighted by atomic mass is 9.92. The topological polar surface area (TPSA) is 67.2 Å². The van der Waals surface area contributed by atoms with E-state index in [4.69, 9.17) is 11.6 Å². The molecule has 1 N–H and O–H groups in total. The van der Waals surface area contributed by atoms with Gasteiger partial charge in [-0.1, -0.05) is 39.3 Å². The zero-order valence-corrected chi connectivity index (χ0v) is 20.0. The van der Waals surface area contributed by atoms with Crippen molar-refractivity contribution in [3.8, 4) is 5.69 Å². The summed E-state index contributed by atoms with van der Waals surface area (Å²) in [6.45, 7) is 8.30.